The van der Waals surface area contributed by atoms with E-state index in [1.807, 2.05) is 0 Å². The fourth-order valence-corrected chi connectivity index (χ4v) is 3.78. The molecule has 0 N–H and O–H groups in total. The van der Waals surface area contributed by atoms with Gasteiger partial charge in [-0.1, -0.05) is 17.7 Å². The molecule has 29 heavy (non-hydrogen) atoms. The molecule has 0 aliphatic carbocycles. The van der Waals surface area contributed by atoms with Gasteiger partial charge in [0.25, 0.3) is 0 Å². The van der Waals surface area contributed by atoms with Gasteiger partial charge < -0.3 is 9.80 Å². The van der Waals surface area contributed by atoms with Gasteiger partial charge in [-0.2, -0.15) is 13.2 Å². The average molecular weight is 432 g/mol. The van der Waals surface area contributed by atoms with Crippen LogP contribution in [0.15, 0.2) is 33.9 Å². The van der Waals surface area contributed by atoms with Gasteiger partial charge in [0.15, 0.2) is 5.78 Å². The molecule has 0 spiro atoms. The highest BCUT2D eigenvalue weighted by Crippen LogP contribution is 2.37. The summed E-state index contributed by atoms with van der Waals surface area (Å²) in [4.78, 5) is 31.4. The number of rotatable bonds is 3. The van der Waals surface area contributed by atoms with Crippen LogP contribution in [0.5, 0.6) is 0 Å². The van der Waals surface area contributed by atoms with Gasteiger partial charge >= 0.3 is 6.18 Å². The van der Waals surface area contributed by atoms with E-state index in [4.69, 9.17) is 11.6 Å². The Bertz CT molecular complexity index is 913. The number of piperazine rings is 1. The highest BCUT2D eigenvalue weighted by molar-refractivity contribution is 6.44. The summed E-state index contributed by atoms with van der Waals surface area (Å²) in [7, 11) is 0. The van der Waals surface area contributed by atoms with Crippen molar-refractivity contribution in [1.82, 2.24) is 9.80 Å². The lowest BCUT2D eigenvalue weighted by molar-refractivity contribution is -0.143. The minimum atomic E-state index is -4.75. The number of benzene rings is 1. The molecule has 1 amide bonds. The number of carbonyl (C=O) groups is 2. The molecule has 1 fully saturated rings. The van der Waals surface area contributed by atoms with E-state index in [-0.39, 0.29) is 42.1 Å². The third-order valence-electron chi connectivity index (χ3n) is 5.08. The van der Waals surface area contributed by atoms with Gasteiger partial charge in [0.1, 0.15) is 17.4 Å². The Morgan fingerprint density at radius 1 is 1.28 bits per heavy atom. The maximum Gasteiger partial charge on any atom is 0.416 e. The topological polar surface area (TPSA) is 53.0 Å². The first kappa shape index (κ1) is 21.3. The molecule has 0 aromatic heterocycles. The van der Waals surface area contributed by atoms with Gasteiger partial charge in [0, 0.05) is 18.8 Å². The third-order valence-corrected chi connectivity index (χ3v) is 5.49. The quantitative estimate of drug-likeness (QED) is 0.688. The largest absolute Gasteiger partial charge is 0.416 e. The van der Waals surface area contributed by atoms with Crippen molar-refractivity contribution < 1.29 is 27.2 Å². The summed E-state index contributed by atoms with van der Waals surface area (Å²) >= 11 is 6.07. The number of allylic oxidation sites excluding steroid dienone is 1. The van der Waals surface area contributed by atoms with Crippen LogP contribution in [0.25, 0.3) is 0 Å². The average Bonchev–Trinajstić information content (AvgIpc) is 2.64. The van der Waals surface area contributed by atoms with E-state index in [9.17, 15) is 27.2 Å². The van der Waals surface area contributed by atoms with Crippen LogP contribution in [-0.2, 0) is 15.8 Å². The zero-order chi connectivity index (χ0) is 21.5. The second kappa shape index (κ2) is 7.78. The first-order chi connectivity index (χ1) is 13.5. The standard InChI is InChI=1S/C19H18ClF4N3O2/c1-10-8-27(11(2)13-4-3-12(21)5-14(13)19(22,23)24)17(29)9-26(10)15-6-25-7-16(28)18(15)20/h3-6,10-11H,7-9H2,1-2H3/t10-,11-/m1/s1. The van der Waals surface area contributed by atoms with E-state index in [2.05, 4.69) is 4.99 Å². The number of hydrogen-bond acceptors (Lipinski definition) is 4. The normalized spacial score (nSPS) is 21.8. The first-order valence-corrected chi connectivity index (χ1v) is 9.24. The molecule has 5 nitrogen and oxygen atoms in total. The number of amides is 1. The van der Waals surface area contributed by atoms with Crippen molar-refractivity contribution in [1.29, 1.82) is 0 Å². The van der Waals surface area contributed by atoms with E-state index >= 15 is 0 Å². The summed E-state index contributed by atoms with van der Waals surface area (Å²) in [5.41, 5.74) is -0.961. The predicted octanol–water partition coefficient (Wildman–Crippen LogP) is 3.54. The lowest BCUT2D eigenvalue weighted by Gasteiger charge is -2.44. The number of ketones is 1. The minimum Gasteiger partial charge on any atom is -0.355 e. The van der Waals surface area contributed by atoms with Crippen molar-refractivity contribution in [3.63, 3.8) is 0 Å². The second-order valence-corrected chi connectivity index (χ2v) is 7.40. The molecule has 1 aromatic rings. The number of halogens is 5. The van der Waals surface area contributed by atoms with Crippen molar-refractivity contribution in [3.05, 3.63) is 45.9 Å². The molecular weight excluding hydrogens is 414 g/mol. The molecule has 0 bridgehead atoms. The Balaban J connectivity index is 1.88. The molecule has 156 valence electrons. The molecule has 2 atom stereocenters. The van der Waals surface area contributed by atoms with Crippen LogP contribution in [-0.4, -0.2) is 53.4 Å². The number of alkyl halides is 3. The second-order valence-electron chi connectivity index (χ2n) is 7.02. The Morgan fingerprint density at radius 3 is 2.62 bits per heavy atom. The highest BCUT2D eigenvalue weighted by Gasteiger charge is 2.39. The van der Waals surface area contributed by atoms with E-state index in [1.165, 1.54) is 18.0 Å². The van der Waals surface area contributed by atoms with Crippen LogP contribution in [0.4, 0.5) is 17.6 Å². The monoisotopic (exact) mass is 431 g/mol. The van der Waals surface area contributed by atoms with Gasteiger partial charge in [-0.3, -0.25) is 14.6 Å². The van der Waals surface area contributed by atoms with Gasteiger partial charge in [0.2, 0.25) is 5.91 Å². The van der Waals surface area contributed by atoms with Gasteiger partial charge in [-0.05, 0) is 31.5 Å². The number of carbonyl (C=O) groups excluding carboxylic acids is 2. The molecule has 2 heterocycles. The molecule has 10 heteroatoms. The molecular formula is C19H18ClF4N3O2. The Kier molecular flexibility index (Phi) is 5.71. The van der Waals surface area contributed by atoms with Crippen molar-refractivity contribution in [2.75, 3.05) is 19.6 Å². The number of aliphatic imine (C=N–C) groups is 1. The fraction of sp³-hybridized carbons (Fsp3) is 0.421. The molecule has 2 aliphatic rings. The minimum absolute atomic E-state index is 0.0148. The Labute approximate surface area is 169 Å². The smallest absolute Gasteiger partial charge is 0.355 e. The van der Waals surface area contributed by atoms with Crippen LogP contribution in [0.1, 0.15) is 31.0 Å². The number of dihydropyridines is 1. The van der Waals surface area contributed by atoms with E-state index in [0.29, 0.717) is 11.8 Å². The molecule has 2 aliphatic heterocycles. The summed E-state index contributed by atoms with van der Waals surface area (Å²) in [6.45, 7) is 3.11. The third kappa shape index (κ3) is 4.14. The Hall–Kier alpha value is -2.42. The van der Waals surface area contributed by atoms with E-state index in [1.54, 1.807) is 11.8 Å². The molecule has 1 saturated heterocycles. The number of Topliss-reactive ketones (excluding diaryl/α,β-unsaturated/α-hetero) is 1. The first-order valence-electron chi connectivity index (χ1n) is 8.86. The van der Waals surface area contributed by atoms with Crippen LogP contribution in [0, 0.1) is 5.82 Å². The van der Waals surface area contributed by atoms with Gasteiger partial charge in [-0.15, -0.1) is 0 Å². The zero-order valence-electron chi connectivity index (χ0n) is 15.6. The van der Waals surface area contributed by atoms with Crippen molar-refractivity contribution in [2.24, 2.45) is 4.99 Å². The summed E-state index contributed by atoms with van der Waals surface area (Å²) in [6, 6.07) is 1.19. The molecule has 1 aromatic carbocycles. The highest BCUT2D eigenvalue weighted by atomic mass is 35.5. The van der Waals surface area contributed by atoms with Crippen LogP contribution in [0.3, 0.4) is 0 Å². The molecule has 0 saturated carbocycles. The molecule has 0 unspecified atom stereocenters. The predicted molar refractivity (Wildman–Crippen MR) is 98.9 cm³/mol. The van der Waals surface area contributed by atoms with Gasteiger partial charge in [-0.25, -0.2) is 4.39 Å². The van der Waals surface area contributed by atoms with Crippen LogP contribution in [0.2, 0.25) is 0 Å². The zero-order valence-corrected chi connectivity index (χ0v) is 16.4. The van der Waals surface area contributed by atoms with E-state index in [0.717, 1.165) is 12.1 Å². The van der Waals surface area contributed by atoms with Crippen molar-refractivity contribution >= 4 is 29.5 Å². The molecule has 0 radical (unpaired) electrons. The summed E-state index contributed by atoms with van der Waals surface area (Å²) in [5, 5.41) is -0.0148. The maximum atomic E-state index is 13.4. The molecule has 3 rings (SSSR count). The van der Waals surface area contributed by atoms with Crippen molar-refractivity contribution in [3.8, 4) is 0 Å². The maximum absolute atomic E-state index is 13.4. The lowest BCUT2D eigenvalue weighted by atomic mass is 9.97. The number of hydrogen-bond donors (Lipinski definition) is 0. The van der Waals surface area contributed by atoms with Crippen LogP contribution >= 0.6 is 11.6 Å². The summed E-state index contributed by atoms with van der Waals surface area (Å²) in [5.74, 6) is -1.79. The Morgan fingerprint density at radius 2 is 1.97 bits per heavy atom. The lowest BCUT2D eigenvalue weighted by Crippen LogP contribution is -2.55. The summed E-state index contributed by atoms with van der Waals surface area (Å²) < 4.78 is 53.5. The van der Waals surface area contributed by atoms with Gasteiger partial charge in [0.05, 0.1) is 23.8 Å². The van der Waals surface area contributed by atoms with Crippen molar-refractivity contribution in [2.45, 2.75) is 32.1 Å². The summed E-state index contributed by atoms with van der Waals surface area (Å²) in [6.07, 6.45) is -3.33. The van der Waals surface area contributed by atoms with E-state index < -0.39 is 29.5 Å². The SMILES string of the molecule is C[C@@H]1CN([C@H](C)c2ccc(F)cc2C(F)(F)F)C(=O)CN1C1=C(Cl)C(=O)CN=C1. The fourth-order valence-electron chi connectivity index (χ4n) is 3.56. The van der Waals surface area contributed by atoms with Crippen LogP contribution < -0.4 is 0 Å². The number of nitrogens with zero attached hydrogens (tertiary/aromatic N) is 3.